The summed E-state index contributed by atoms with van der Waals surface area (Å²) in [6, 6.07) is 9.74. The highest BCUT2D eigenvalue weighted by Crippen LogP contribution is 2.04. The Bertz CT molecular complexity index is 629. The van der Waals surface area contributed by atoms with Crippen LogP contribution >= 0.6 is 0 Å². The fourth-order valence-electron chi connectivity index (χ4n) is 1.79. The molecule has 2 aromatic rings. The Kier molecular flexibility index (Phi) is 4.30. The molecule has 104 valence electrons. The van der Waals surface area contributed by atoms with E-state index >= 15 is 0 Å². The molecule has 4 nitrogen and oxygen atoms in total. The van der Waals surface area contributed by atoms with Crippen molar-refractivity contribution < 1.29 is 9.18 Å². The van der Waals surface area contributed by atoms with Crippen molar-refractivity contribution in [1.82, 2.24) is 9.99 Å². The normalized spacial score (nSPS) is 11.4. The van der Waals surface area contributed by atoms with Crippen molar-refractivity contribution >= 4 is 11.6 Å². The van der Waals surface area contributed by atoms with Crippen LogP contribution in [0.4, 0.5) is 4.39 Å². The summed E-state index contributed by atoms with van der Waals surface area (Å²) in [4.78, 5) is 11.8. The van der Waals surface area contributed by atoms with E-state index in [-0.39, 0.29) is 18.1 Å². The molecule has 0 radical (unpaired) electrons. The summed E-state index contributed by atoms with van der Waals surface area (Å²) < 4.78 is 14.7. The van der Waals surface area contributed by atoms with Crippen LogP contribution in [0.3, 0.4) is 0 Å². The zero-order valence-corrected chi connectivity index (χ0v) is 11.4. The summed E-state index contributed by atoms with van der Waals surface area (Å²) in [6.45, 7) is 1.76. The standard InChI is InChI=1S/C15H16FN3O/c1-11(12-5-7-13(16)8-6-12)17-18-15(20)10-14-4-3-9-19(14)2/h3-9H,10H2,1-2H3,(H,18,20). The summed E-state index contributed by atoms with van der Waals surface area (Å²) in [6.07, 6.45) is 2.15. The molecular weight excluding hydrogens is 257 g/mol. The Hall–Kier alpha value is -2.43. The molecule has 0 fully saturated rings. The highest BCUT2D eigenvalue weighted by atomic mass is 19.1. The number of hydrogen-bond donors (Lipinski definition) is 1. The van der Waals surface area contributed by atoms with Gasteiger partial charge in [0.15, 0.2) is 0 Å². The molecule has 0 saturated carbocycles. The first-order valence-corrected chi connectivity index (χ1v) is 6.25. The molecule has 0 aliphatic heterocycles. The first kappa shape index (κ1) is 14.0. The van der Waals surface area contributed by atoms with Crippen molar-refractivity contribution in [3.05, 3.63) is 59.7 Å². The Morgan fingerprint density at radius 3 is 2.60 bits per heavy atom. The largest absolute Gasteiger partial charge is 0.354 e. The number of aromatic nitrogens is 1. The van der Waals surface area contributed by atoms with Crippen LogP contribution in [0.2, 0.25) is 0 Å². The number of benzene rings is 1. The highest BCUT2D eigenvalue weighted by Gasteiger charge is 2.05. The topological polar surface area (TPSA) is 46.4 Å². The number of carbonyl (C=O) groups is 1. The van der Waals surface area contributed by atoms with E-state index in [1.54, 1.807) is 19.1 Å². The van der Waals surface area contributed by atoms with Gasteiger partial charge in [0, 0.05) is 18.9 Å². The Labute approximate surface area is 116 Å². The Morgan fingerprint density at radius 1 is 1.30 bits per heavy atom. The second-order valence-corrected chi connectivity index (χ2v) is 4.53. The van der Waals surface area contributed by atoms with Crippen LogP contribution in [-0.4, -0.2) is 16.2 Å². The molecule has 1 aromatic carbocycles. The third kappa shape index (κ3) is 3.54. The van der Waals surface area contributed by atoms with Crippen molar-refractivity contribution in [2.75, 3.05) is 0 Å². The van der Waals surface area contributed by atoms with E-state index in [0.29, 0.717) is 5.71 Å². The molecule has 0 atom stereocenters. The van der Waals surface area contributed by atoms with Gasteiger partial charge in [-0.05, 0) is 36.8 Å². The van der Waals surface area contributed by atoms with Gasteiger partial charge in [-0.15, -0.1) is 0 Å². The Morgan fingerprint density at radius 2 is 2.00 bits per heavy atom. The van der Waals surface area contributed by atoms with Gasteiger partial charge in [0.1, 0.15) is 5.82 Å². The van der Waals surface area contributed by atoms with E-state index in [1.165, 1.54) is 12.1 Å². The van der Waals surface area contributed by atoms with Gasteiger partial charge in [0.05, 0.1) is 12.1 Å². The van der Waals surface area contributed by atoms with Crippen molar-refractivity contribution in [3.63, 3.8) is 0 Å². The summed E-state index contributed by atoms with van der Waals surface area (Å²) in [5.41, 5.74) is 4.82. The first-order valence-electron chi connectivity index (χ1n) is 6.25. The minimum absolute atomic E-state index is 0.187. The second-order valence-electron chi connectivity index (χ2n) is 4.53. The van der Waals surface area contributed by atoms with E-state index < -0.39 is 0 Å². The lowest BCUT2D eigenvalue weighted by atomic mass is 10.1. The number of rotatable bonds is 4. The van der Waals surface area contributed by atoms with Crippen LogP contribution < -0.4 is 5.43 Å². The van der Waals surface area contributed by atoms with Crippen LogP contribution in [0, 0.1) is 5.82 Å². The molecule has 1 N–H and O–H groups in total. The van der Waals surface area contributed by atoms with E-state index in [2.05, 4.69) is 10.5 Å². The minimum Gasteiger partial charge on any atom is -0.354 e. The molecule has 0 spiro atoms. The maximum atomic E-state index is 12.8. The van der Waals surface area contributed by atoms with Crippen molar-refractivity contribution in [3.8, 4) is 0 Å². The minimum atomic E-state index is -0.297. The second kappa shape index (κ2) is 6.14. The third-order valence-corrected chi connectivity index (χ3v) is 3.00. The molecule has 20 heavy (non-hydrogen) atoms. The van der Waals surface area contributed by atoms with Gasteiger partial charge in [-0.2, -0.15) is 5.10 Å². The van der Waals surface area contributed by atoms with Crippen LogP contribution in [0.5, 0.6) is 0 Å². The Balaban J connectivity index is 1.96. The van der Waals surface area contributed by atoms with Crippen LogP contribution in [0.1, 0.15) is 18.2 Å². The number of amides is 1. The van der Waals surface area contributed by atoms with Gasteiger partial charge in [0.2, 0.25) is 5.91 Å². The lowest BCUT2D eigenvalue weighted by molar-refractivity contribution is -0.120. The van der Waals surface area contributed by atoms with E-state index in [9.17, 15) is 9.18 Å². The molecule has 0 aliphatic rings. The molecule has 0 unspecified atom stereocenters. The quantitative estimate of drug-likeness (QED) is 0.674. The van der Waals surface area contributed by atoms with Gasteiger partial charge >= 0.3 is 0 Å². The summed E-state index contributed by atoms with van der Waals surface area (Å²) >= 11 is 0. The van der Waals surface area contributed by atoms with Crippen molar-refractivity contribution in [2.45, 2.75) is 13.3 Å². The first-order chi connectivity index (χ1) is 9.56. The summed E-state index contributed by atoms with van der Waals surface area (Å²) in [5, 5.41) is 4.02. The van der Waals surface area contributed by atoms with Crippen LogP contribution in [0.15, 0.2) is 47.7 Å². The predicted octanol–water partition coefficient (Wildman–Crippen LogP) is 2.25. The maximum absolute atomic E-state index is 12.8. The maximum Gasteiger partial charge on any atom is 0.246 e. The number of nitrogens with zero attached hydrogens (tertiary/aromatic N) is 2. The number of hydrogen-bond acceptors (Lipinski definition) is 2. The van der Waals surface area contributed by atoms with Gasteiger partial charge in [-0.1, -0.05) is 12.1 Å². The molecule has 0 aliphatic carbocycles. The van der Waals surface area contributed by atoms with Gasteiger partial charge < -0.3 is 4.57 Å². The number of nitrogens with one attached hydrogen (secondary N) is 1. The SMILES string of the molecule is CC(=NNC(=O)Cc1cccn1C)c1ccc(F)cc1. The van der Waals surface area contributed by atoms with Crippen molar-refractivity contribution in [1.29, 1.82) is 0 Å². The van der Waals surface area contributed by atoms with Crippen LogP contribution in [0.25, 0.3) is 0 Å². The molecule has 2 rings (SSSR count). The smallest absolute Gasteiger partial charge is 0.246 e. The monoisotopic (exact) mass is 273 g/mol. The lowest BCUT2D eigenvalue weighted by Gasteiger charge is -2.04. The average Bonchev–Trinajstić information content (AvgIpc) is 2.82. The molecule has 0 bridgehead atoms. The molecule has 1 heterocycles. The van der Waals surface area contributed by atoms with Gasteiger partial charge in [-0.25, -0.2) is 9.82 Å². The zero-order valence-electron chi connectivity index (χ0n) is 11.4. The summed E-state index contributed by atoms with van der Waals surface area (Å²) in [5.74, 6) is -0.484. The molecule has 1 amide bonds. The third-order valence-electron chi connectivity index (χ3n) is 3.00. The number of hydrazone groups is 1. The lowest BCUT2D eigenvalue weighted by Crippen LogP contribution is -2.22. The number of carbonyl (C=O) groups excluding carboxylic acids is 1. The molecule has 1 aromatic heterocycles. The van der Waals surface area contributed by atoms with Gasteiger partial charge in [0.25, 0.3) is 0 Å². The van der Waals surface area contributed by atoms with E-state index in [4.69, 9.17) is 0 Å². The number of halogens is 1. The highest BCUT2D eigenvalue weighted by molar-refractivity contribution is 5.99. The van der Waals surface area contributed by atoms with E-state index in [1.807, 2.05) is 29.9 Å². The molecule has 0 saturated heterocycles. The molecular formula is C15H16FN3O. The zero-order chi connectivity index (χ0) is 14.5. The van der Waals surface area contributed by atoms with Crippen molar-refractivity contribution in [2.24, 2.45) is 12.1 Å². The molecule has 5 heteroatoms. The summed E-state index contributed by atoms with van der Waals surface area (Å²) in [7, 11) is 1.88. The fraction of sp³-hybridized carbons (Fsp3) is 0.200. The van der Waals surface area contributed by atoms with Crippen LogP contribution in [-0.2, 0) is 18.3 Å². The van der Waals surface area contributed by atoms with E-state index in [0.717, 1.165) is 11.3 Å². The average molecular weight is 273 g/mol. The fourth-order valence-corrected chi connectivity index (χ4v) is 1.79. The predicted molar refractivity (Wildman–Crippen MR) is 75.9 cm³/mol. The van der Waals surface area contributed by atoms with Gasteiger partial charge in [-0.3, -0.25) is 4.79 Å². The number of aryl methyl sites for hydroxylation is 1.